The molecule has 0 atom stereocenters. The first-order chi connectivity index (χ1) is 16.4. The van der Waals surface area contributed by atoms with Crippen LogP contribution in [0.4, 0.5) is 11.4 Å². The third-order valence-electron chi connectivity index (χ3n) is 6.66. The van der Waals surface area contributed by atoms with Gasteiger partial charge in [-0.15, -0.1) is 0 Å². The molecule has 0 saturated carbocycles. The summed E-state index contributed by atoms with van der Waals surface area (Å²) in [6, 6.07) is 32.2. The van der Waals surface area contributed by atoms with Crippen LogP contribution in [0.2, 0.25) is 0 Å². The molecule has 3 aliphatic heterocycles. The number of hydrogen-bond acceptors (Lipinski definition) is 3. The quantitative estimate of drug-likeness (QED) is 0.421. The normalized spacial score (nSPS) is 15.3. The Morgan fingerprint density at radius 2 is 1.61 bits per heavy atom. The van der Waals surface area contributed by atoms with Crippen LogP contribution in [0, 0.1) is 0 Å². The number of para-hydroxylation sites is 2. The maximum atomic E-state index is 4.60. The zero-order valence-corrected chi connectivity index (χ0v) is 18.0. The third kappa shape index (κ3) is 2.74. The Hall–Kier alpha value is -4.31. The van der Waals surface area contributed by atoms with Gasteiger partial charge >= 0.3 is 6.85 Å². The monoisotopic (exact) mass is 421 g/mol. The predicted octanol–water partition coefficient (Wildman–Crippen LogP) is 5.07. The molecule has 0 radical (unpaired) electrons. The van der Waals surface area contributed by atoms with Gasteiger partial charge in [0, 0.05) is 23.3 Å². The molecule has 4 heteroatoms. The first-order valence-electron chi connectivity index (χ1n) is 11.3. The van der Waals surface area contributed by atoms with E-state index < -0.39 is 0 Å². The minimum absolute atomic E-state index is 0.107. The lowest BCUT2D eigenvalue weighted by atomic mass is 9.45. The second kappa shape index (κ2) is 7.11. The number of benzene rings is 3. The van der Waals surface area contributed by atoms with E-state index in [9.17, 15) is 0 Å². The molecule has 0 N–H and O–H groups in total. The van der Waals surface area contributed by atoms with Crippen LogP contribution in [0.25, 0.3) is 17.3 Å². The lowest BCUT2D eigenvalue weighted by molar-refractivity contribution is 0.650. The maximum Gasteiger partial charge on any atom is 0.332 e. The SMILES string of the molecule is C1=CC2=Cc3ccc(-c4ccccn4)cc3B3c4ccccc4N(c4ccccc4)C(=C1)N32. The van der Waals surface area contributed by atoms with Crippen molar-refractivity contribution in [1.29, 1.82) is 0 Å². The van der Waals surface area contributed by atoms with Crippen molar-refractivity contribution in [3.63, 3.8) is 0 Å². The number of rotatable bonds is 2. The van der Waals surface area contributed by atoms with Crippen molar-refractivity contribution in [2.75, 3.05) is 4.90 Å². The molecule has 4 aromatic rings. The van der Waals surface area contributed by atoms with Gasteiger partial charge in [-0.2, -0.15) is 0 Å². The molecule has 0 fully saturated rings. The number of aromatic nitrogens is 1. The van der Waals surface area contributed by atoms with Gasteiger partial charge < -0.3 is 4.81 Å². The minimum atomic E-state index is 0.107. The van der Waals surface area contributed by atoms with Crippen LogP contribution < -0.4 is 15.8 Å². The van der Waals surface area contributed by atoms with E-state index in [4.69, 9.17) is 0 Å². The fourth-order valence-electron chi connectivity index (χ4n) is 5.24. The Bertz CT molecular complexity index is 1470. The standard InChI is InChI=1S/C29H20BN3/c1-2-9-23(10-3-1)32-28-14-5-4-12-25(28)30-26-20-22(27-13-6-7-18-31-27)17-16-21(26)19-24-11-8-15-29(32)33(24)30/h1-20H. The smallest absolute Gasteiger partial charge is 0.332 e. The van der Waals surface area contributed by atoms with Crippen LogP contribution in [-0.2, 0) is 0 Å². The molecule has 0 saturated heterocycles. The molecule has 0 spiro atoms. The van der Waals surface area contributed by atoms with Gasteiger partial charge in [-0.1, -0.05) is 66.7 Å². The Morgan fingerprint density at radius 3 is 2.48 bits per heavy atom. The van der Waals surface area contributed by atoms with E-state index in [1.165, 1.54) is 33.7 Å². The van der Waals surface area contributed by atoms with Gasteiger partial charge in [-0.05, 0) is 70.6 Å². The zero-order valence-electron chi connectivity index (χ0n) is 18.0. The number of fused-ring (bicyclic) bond motifs is 4. The Morgan fingerprint density at radius 1 is 0.758 bits per heavy atom. The van der Waals surface area contributed by atoms with E-state index in [-0.39, 0.29) is 6.85 Å². The second-order valence-corrected chi connectivity index (χ2v) is 8.51. The fraction of sp³-hybridized carbons (Fsp3) is 0. The highest BCUT2D eigenvalue weighted by molar-refractivity contribution is 6.86. The highest BCUT2D eigenvalue weighted by Crippen LogP contribution is 2.40. The molecule has 1 aromatic heterocycles. The molecular formula is C29H20BN3. The number of hydrogen-bond donors (Lipinski definition) is 0. The molecule has 154 valence electrons. The molecule has 0 aliphatic carbocycles. The molecule has 33 heavy (non-hydrogen) atoms. The van der Waals surface area contributed by atoms with Gasteiger partial charge in [0.05, 0.1) is 5.69 Å². The second-order valence-electron chi connectivity index (χ2n) is 8.51. The van der Waals surface area contributed by atoms with Crippen molar-refractivity contribution >= 4 is 35.2 Å². The summed E-state index contributed by atoms with van der Waals surface area (Å²) in [5.41, 5.74) is 9.62. The lowest BCUT2D eigenvalue weighted by Crippen LogP contribution is -2.63. The van der Waals surface area contributed by atoms with E-state index in [1.54, 1.807) is 0 Å². The summed E-state index contributed by atoms with van der Waals surface area (Å²) in [5, 5.41) is 0. The van der Waals surface area contributed by atoms with E-state index in [1.807, 2.05) is 18.3 Å². The summed E-state index contributed by atoms with van der Waals surface area (Å²) in [7, 11) is 0. The van der Waals surface area contributed by atoms with Crippen molar-refractivity contribution in [2.24, 2.45) is 0 Å². The Balaban J connectivity index is 1.49. The zero-order chi connectivity index (χ0) is 21.8. The average Bonchev–Trinajstić information content (AvgIpc) is 2.89. The van der Waals surface area contributed by atoms with E-state index in [2.05, 4.69) is 118 Å². The van der Waals surface area contributed by atoms with Crippen LogP contribution in [0.15, 0.2) is 127 Å². The van der Waals surface area contributed by atoms with Crippen molar-refractivity contribution in [1.82, 2.24) is 9.79 Å². The Kier molecular flexibility index (Phi) is 3.94. The van der Waals surface area contributed by atoms with Crippen molar-refractivity contribution in [2.45, 2.75) is 0 Å². The van der Waals surface area contributed by atoms with Gasteiger partial charge in [-0.3, -0.25) is 9.88 Å². The molecule has 0 bridgehead atoms. The summed E-state index contributed by atoms with van der Waals surface area (Å²) in [6.45, 7) is 0.107. The van der Waals surface area contributed by atoms with Gasteiger partial charge in [0.1, 0.15) is 5.82 Å². The highest BCUT2D eigenvalue weighted by atomic mass is 15.3. The number of anilines is 2. The molecule has 7 rings (SSSR count). The number of allylic oxidation sites excluding steroid dienone is 3. The summed E-state index contributed by atoms with van der Waals surface area (Å²) < 4.78 is 0. The van der Waals surface area contributed by atoms with E-state index >= 15 is 0 Å². The Labute approximate surface area is 193 Å². The van der Waals surface area contributed by atoms with Gasteiger partial charge in [0.25, 0.3) is 0 Å². The minimum Gasteiger partial charge on any atom is -0.363 e. The third-order valence-corrected chi connectivity index (χ3v) is 6.66. The molecule has 4 heterocycles. The average molecular weight is 421 g/mol. The highest BCUT2D eigenvalue weighted by Gasteiger charge is 2.44. The summed E-state index contributed by atoms with van der Waals surface area (Å²) >= 11 is 0. The molecule has 3 nitrogen and oxygen atoms in total. The van der Waals surface area contributed by atoms with Crippen LogP contribution in [0.3, 0.4) is 0 Å². The van der Waals surface area contributed by atoms with Crippen molar-refractivity contribution in [3.05, 3.63) is 133 Å². The number of pyridine rings is 1. The molecule has 3 aromatic carbocycles. The predicted molar refractivity (Wildman–Crippen MR) is 137 cm³/mol. The summed E-state index contributed by atoms with van der Waals surface area (Å²) in [4.78, 5) is 9.44. The van der Waals surface area contributed by atoms with Gasteiger partial charge in [-0.25, -0.2) is 0 Å². The first kappa shape index (κ1) is 18.3. The van der Waals surface area contributed by atoms with Crippen molar-refractivity contribution in [3.8, 4) is 11.3 Å². The fourth-order valence-corrected chi connectivity index (χ4v) is 5.24. The maximum absolute atomic E-state index is 4.60. The van der Waals surface area contributed by atoms with Crippen LogP contribution in [0.5, 0.6) is 0 Å². The molecular weight excluding hydrogens is 401 g/mol. The molecule has 0 amide bonds. The van der Waals surface area contributed by atoms with Crippen LogP contribution >= 0.6 is 0 Å². The largest absolute Gasteiger partial charge is 0.363 e. The van der Waals surface area contributed by atoms with Crippen LogP contribution in [0.1, 0.15) is 5.56 Å². The lowest BCUT2D eigenvalue weighted by Gasteiger charge is -2.48. The molecule has 3 aliphatic rings. The van der Waals surface area contributed by atoms with E-state index in [0.717, 1.165) is 16.9 Å². The van der Waals surface area contributed by atoms with Crippen molar-refractivity contribution < 1.29 is 0 Å². The topological polar surface area (TPSA) is 19.4 Å². The molecule has 0 unspecified atom stereocenters. The first-order valence-corrected chi connectivity index (χ1v) is 11.3. The summed E-state index contributed by atoms with van der Waals surface area (Å²) in [6.07, 6.45) is 10.8. The van der Waals surface area contributed by atoms with Gasteiger partial charge in [0.15, 0.2) is 0 Å². The summed E-state index contributed by atoms with van der Waals surface area (Å²) in [5.74, 6) is 1.17. The van der Waals surface area contributed by atoms with Crippen LogP contribution in [-0.4, -0.2) is 16.6 Å². The number of nitrogens with zero attached hydrogens (tertiary/aromatic N) is 3. The van der Waals surface area contributed by atoms with E-state index in [0.29, 0.717) is 0 Å². The van der Waals surface area contributed by atoms with Gasteiger partial charge in [0.2, 0.25) is 0 Å².